The average Bonchev–Trinajstić information content (AvgIpc) is 3.28. The molecule has 1 aliphatic rings. The van der Waals surface area contributed by atoms with Crippen LogP contribution >= 0.6 is 22.9 Å². The normalized spacial score (nSPS) is 13.5. The molecule has 0 atom stereocenters. The van der Waals surface area contributed by atoms with Gasteiger partial charge >= 0.3 is 6.03 Å². The lowest BCUT2D eigenvalue weighted by Crippen LogP contribution is -2.38. The van der Waals surface area contributed by atoms with Crippen LogP contribution in [0.5, 0.6) is 0 Å². The summed E-state index contributed by atoms with van der Waals surface area (Å²) in [5.41, 5.74) is 5.09. The second kappa shape index (κ2) is 7.41. The van der Waals surface area contributed by atoms with Crippen molar-refractivity contribution in [3.63, 3.8) is 0 Å². The van der Waals surface area contributed by atoms with Gasteiger partial charge < -0.3 is 10.2 Å². The van der Waals surface area contributed by atoms with Gasteiger partial charge in [0.15, 0.2) is 5.82 Å². The van der Waals surface area contributed by atoms with E-state index in [1.165, 1.54) is 5.56 Å². The SMILES string of the molecule is Cc1ccc(-c2nc3sc4c(n3n2)CCN(C(=O)Nc2cc(Cl)ccc2C)C4)cc1. The topological polar surface area (TPSA) is 62.5 Å². The highest BCUT2D eigenvalue weighted by Gasteiger charge is 2.26. The Morgan fingerprint density at radius 2 is 1.97 bits per heavy atom. The third-order valence-corrected chi connectivity index (χ3v) is 6.65. The second-order valence-electron chi connectivity index (χ2n) is 7.53. The predicted molar refractivity (Wildman–Crippen MR) is 120 cm³/mol. The molecule has 1 aliphatic heterocycles. The number of anilines is 1. The maximum Gasteiger partial charge on any atom is 0.322 e. The lowest BCUT2D eigenvalue weighted by molar-refractivity contribution is 0.206. The summed E-state index contributed by atoms with van der Waals surface area (Å²) in [6.07, 6.45) is 0.744. The van der Waals surface area contributed by atoms with Gasteiger partial charge in [0, 0.05) is 34.1 Å². The van der Waals surface area contributed by atoms with E-state index in [0.29, 0.717) is 18.1 Å². The number of nitrogens with zero attached hydrogens (tertiary/aromatic N) is 4. The van der Waals surface area contributed by atoms with Gasteiger partial charge in [-0.1, -0.05) is 58.8 Å². The van der Waals surface area contributed by atoms with Gasteiger partial charge in [-0.3, -0.25) is 0 Å². The van der Waals surface area contributed by atoms with Gasteiger partial charge in [-0.15, -0.1) is 5.10 Å². The van der Waals surface area contributed by atoms with Crippen molar-refractivity contribution in [2.75, 3.05) is 11.9 Å². The first-order valence-electron chi connectivity index (χ1n) is 9.74. The smallest absolute Gasteiger partial charge is 0.319 e. The molecular formula is C22H20ClN5OS. The molecule has 4 aromatic rings. The Hall–Kier alpha value is -2.90. The summed E-state index contributed by atoms with van der Waals surface area (Å²) in [6, 6.07) is 13.6. The van der Waals surface area contributed by atoms with Crippen LogP contribution in [0.25, 0.3) is 16.3 Å². The monoisotopic (exact) mass is 437 g/mol. The van der Waals surface area contributed by atoms with Crippen molar-refractivity contribution in [2.45, 2.75) is 26.8 Å². The third kappa shape index (κ3) is 3.44. The van der Waals surface area contributed by atoms with E-state index in [2.05, 4.69) is 24.4 Å². The van der Waals surface area contributed by atoms with Crippen molar-refractivity contribution in [3.8, 4) is 11.4 Å². The Balaban J connectivity index is 1.36. The Morgan fingerprint density at radius 3 is 2.77 bits per heavy atom. The van der Waals surface area contributed by atoms with E-state index in [1.54, 1.807) is 17.4 Å². The summed E-state index contributed by atoms with van der Waals surface area (Å²) in [7, 11) is 0. The zero-order valence-corrected chi connectivity index (χ0v) is 18.2. The molecule has 8 heteroatoms. The number of halogens is 1. The number of amides is 2. The van der Waals surface area contributed by atoms with Crippen LogP contribution in [0.15, 0.2) is 42.5 Å². The highest BCUT2D eigenvalue weighted by Crippen LogP contribution is 2.30. The van der Waals surface area contributed by atoms with E-state index in [4.69, 9.17) is 21.7 Å². The molecule has 2 amide bonds. The van der Waals surface area contributed by atoms with Crippen LogP contribution in [0.2, 0.25) is 5.02 Å². The number of benzene rings is 2. The molecule has 0 saturated carbocycles. The maximum absolute atomic E-state index is 12.8. The first-order chi connectivity index (χ1) is 14.5. The molecule has 3 heterocycles. The lowest BCUT2D eigenvalue weighted by Gasteiger charge is -2.27. The summed E-state index contributed by atoms with van der Waals surface area (Å²) in [6.45, 7) is 5.20. The van der Waals surface area contributed by atoms with Crippen molar-refractivity contribution in [1.82, 2.24) is 19.5 Å². The van der Waals surface area contributed by atoms with Crippen LogP contribution < -0.4 is 5.32 Å². The van der Waals surface area contributed by atoms with Gasteiger partial charge in [-0.2, -0.15) is 4.98 Å². The molecule has 2 aromatic carbocycles. The van der Waals surface area contributed by atoms with Crippen LogP contribution in [-0.4, -0.2) is 32.1 Å². The highest BCUT2D eigenvalue weighted by atomic mass is 35.5. The molecule has 152 valence electrons. The summed E-state index contributed by atoms with van der Waals surface area (Å²) in [5.74, 6) is 0.737. The van der Waals surface area contributed by atoms with Crippen molar-refractivity contribution < 1.29 is 4.79 Å². The minimum absolute atomic E-state index is 0.120. The molecule has 0 unspecified atom stereocenters. The summed E-state index contributed by atoms with van der Waals surface area (Å²) >= 11 is 7.67. The van der Waals surface area contributed by atoms with Crippen LogP contribution in [0.3, 0.4) is 0 Å². The van der Waals surface area contributed by atoms with E-state index in [1.807, 2.05) is 40.6 Å². The van der Waals surface area contributed by atoms with Crippen LogP contribution in [0.4, 0.5) is 10.5 Å². The number of hydrogen-bond acceptors (Lipinski definition) is 4. The quantitative estimate of drug-likeness (QED) is 0.461. The zero-order valence-electron chi connectivity index (χ0n) is 16.6. The van der Waals surface area contributed by atoms with Gasteiger partial charge in [0.2, 0.25) is 4.96 Å². The van der Waals surface area contributed by atoms with E-state index < -0.39 is 0 Å². The molecule has 0 fully saturated rings. The van der Waals surface area contributed by atoms with E-state index >= 15 is 0 Å². The molecule has 0 bridgehead atoms. The first-order valence-corrected chi connectivity index (χ1v) is 10.9. The zero-order chi connectivity index (χ0) is 20.8. The number of aromatic nitrogens is 3. The number of aryl methyl sites for hydroxylation is 2. The van der Waals surface area contributed by atoms with Gasteiger partial charge in [0.05, 0.1) is 12.2 Å². The fourth-order valence-electron chi connectivity index (χ4n) is 3.61. The number of thiazole rings is 1. The Bertz CT molecular complexity index is 1260. The van der Waals surface area contributed by atoms with E-state index in [9.17, 15) is 4.79 Å². The standard InChI is InChI=1S/C22H20ClN5OS/c1-13-3-6-15(7-4-13)20-25-22-28(26-20)18-9-10-27(12-19(18)30-22)21(29)24-17-11-16(23)8-5-14(17)2/h3-8,11H,9-10,12H2,1-2H3,(H,24,29). The van der Waals surface area contributed by atoms with E-state index in [0.717, 1.165) is 44.6 Å². The highest BCUT2D eigenvalue weighted by molar-refractivity contribution is 7.17. The molecule has 5 rings (SSSR count). The molecule has 6 nitrogen and oxygen atoms in total. The van der Waals surface area contributed by atoms with Gasteiger partial charge in [0.25, 0.3) is 0 Å². The second-order valence-corrected chi connectivity index (χ2v) is 9.03. The Kier molecular flexibility index (Phi) is 4.72. The number of fused-ring (bicyclic) bond motifs is 3. The molecule has 1 N–H and O–H groups in total. The lowest BCUT2D eigenvalue weighted by atomic mass is 10.1. The maximum atomic E-state index is 12.8. The molecule has 2 aromatic heterocycles. The average molecular weight is 438 g/mol. The van der Waals surface area contributed by atoms with Crippen molar-refractivity contribution in [2.24, 2.45) is 0 Å². The number of nitrogens with one attached hydrogen (secondary N) is 1. The van der Waals surface area contributed by atoms with Crippen molar-refractivity contribution in [3.05, 3.63) is 69.2 Å². The third-order valence-electron chi connectivity index (χ3n) is 5.36. The van der Waals surface area contributed by atoms with Crippen LogP contribution in [-0.2, 0) is 13.0 Å². The van der Waals surface area contributed by atoms with Gasteiger partial charge in [-0.05, 0) is 31.5 Å². The van der Waals surface area contributed by atoms with Gasteiger partial charge in [-0.25, -0.2) is 9.31 Å². The first kappa shape index (κ1) is 19.1. The number of urea groups is 1. The molecule has 30 heavy (non-hydrogen) atoms. The molecule has 0 saturated heterocycles. The Morgan fingerprint density at radius 1 is 1.17 bits per heavy atom. The summed E-state index contributed by atoms with van der Waals surface area (Å²) in [4.78, 5) is 21.3. The predicted octanol–water partition coefficient (Wildman–Crippen LogP) is 5.32. The number of rotatable bonds is 2. The van der Waals surface area contributed by atoms with Crippen LogP contribution in [0.1, 0.15) is 21.7 Å². The molecule has 0 spiro atoms. The molecule has 0 aliphatic carbocycles. The van der Waals surface area contributed by atoms with Crippen molar-refractivity contribution >= 4 is 39.6 Å². The molecule has 0 radical (unpaired) electrons. The minimum Gasteiger partial charge on any atom is -0.319 e. The Labute approximate surface area is 183 Å². The fourth-order valence-corrected chi connectivity index (χ4v) is 4.90. The summed E-state index contributed by atoms with van der Waals surface area (Å²) < 4.78 is 1.94. The number of carbonyl (C=O) groups excluding carboxylic acids is 1. The minimum atomic E-state index is -0.120. The summed E-state index contributed by atoms with van der Waals surface area (Å²) in [5, 5.41) is 8.31. The van der Waals surface area contributed by atoms with Crippen LogP contribution in [0, 0.1) is 13.8 Å². The molecular weight excluding hydrogens is 418 g/mol. The van der Waals surface area contributed by atoms with E-state index in [-0.39, 0.29) is 6.03 Å². The number of hydrogen-bond donors (Lipinski definition) is 1. The largest absolute Gasteiger partial charge is 0.322 e. The van der Waals surface area contributed by atoms with Crippen molar-refractivity contribution in [1.29, 1.82) is 0 Å². The fraction of sp³-hybridized carbons (Fsp3) is 0.227. The number of carbonyl (C=O) groups is 1. The van der Waals surface area contributed by atoms with Gasteiger partial charge in [0.1, 0.15) is 0 Å².